The van der Waals surface area contributed by atoms with E-state index in [-0.39, 0.29) is 12.2 Å². The van der Waals surface area contributed by atoms with Crippen molar-refractivity contribution in [3.05, 3.63) is 90.6 Å². The van der Waals surface area contributed by atoms with Crippen molar-refractivity contribution in [2.75, 3.05) is 19.8 Å². The number of para-hydroxylation sites is 2. The van der Waals surface area contributed by atoms with Crippen molar-refractivity contribution in [3.63, 3.8) is 0 Å². The van der Waals surface area contributed by atoms with Crippen LogP contribution in [0.4, 0.5) is 0 Å². The summed E-state index contributed by atoms with van der Waals surface area (Å²) in [6, 6.07) is 14.3. The van der Waals surface area contributed by atoms with E-state index in [1.165, 1.54) is 11.3 Å². The average Bonchev–Trinajstić information content (AvgIpc) is 3.15. The van der Waals surface area contributed by atoms with Gasteiger partial charge in [0.05, 0.1) is 35.6 Å². The second-order valence-electron chi connectivity index (χ2n) is 7.74. The van der Waals surface area contributed by atoms with Gasteiger partial charge in [0.1, 0.15) is 17.5 Å². The first kappa shape index (κ1) is 24.5. The highest BCUT2D eigenvalue weighted by molar-refractivity contribution is 7.07. The van der Waals surface area contributed by atoms with Gasteiger partial charge in [-0.3, -0.25) is 9.36 Å². The average molecular weight is 493 g/mol. The van der Waals surface area contributed by atoms with Gasteiger partial charge in [0, 0.05) is 11.1 Å². The summed E-state index contributed by atoms with van der Waals surface area (Å²) in [5, 5.41) is 0. The number of ether oxygens (including phenoxy) is 3. The molecule has 0 bridgehead atoms. The molecule has 0 unspecified atom stereocenters. The van der Waals surface area contributed by atoms with Crippen LogP contribution in [0.5, 0.6) is 11.5 Å². The van der Waals surface area contributed by atoms with E-state index < -0.39 is 12.0 Å². The Labute approximate surface area is 207 Å². The topological polar surface area (TPSA) is 79.1 Å². The molecule has 0 spiro atoms. The number of benzene rings is 2. The number of hydrogen-bond acceptors (Lipinski definition) is 7. The van der Waals surface area contributed by atoms with Crippen LogP contribution in [0.3, 0.4) is 0 Å². The van der Waals surface area contributed by atoms with Gasteiger partial charge in [-0.25, -0.2) is 9.79 Å². The van der Waals surface area contributed by atoms with Crippen LogP contribution in [-0.4, -0.2) is 30.4 Å². The number of carbonyl (C=O) groups is 1. The molecule has 1 atom stereocenters. The van der Waals surface area contributed by atoms with Crippen molar-refractivity contribution in [2.45, 2.75) is 33.7 Å². The molecular formula is C27H28N2O5S. The van der Waals surface area contributed by atoms with E-state index in [1.807, 2.05) is 68.5 Å². The Morgan fingerprint density at radius 2 is 1.66 bits per heavy atom. The minimum absolute atomic E-state index is 0.216. The lowest BCUT2D eigenvalue weighted by atomic mass is 9.95. The van der Waals surface area contributed by atoms with Crippen LogP contribution in [0.15, 0.2) is 69.6 Å². The zero-order chi connectivity index (χ0) is 24.9. The molecule has 1 aliphatic heterocycles. The molecular weight excluding hydrogens is 464 g/mol. The molecule has 35 heavy (non-hydrogen) atoms. The SMILES string of the molecule is CCOC(=O)C1=C(C)N=c2sc(=Cc3ccccc3OCC)c(=O)n2[C@@H]1c1ccccc1OCC. The van der Waals surface area contributed by atoms with Gasteiger partial charge in [0.25, 0.3) is 5.56 Å². The van der Waals surface area contributed by atoms with E-state index in [1.54, 1.807) is 18.4 Å². The second-order valence-corrected chi connectivity index (χ2v) is 8.75. The first-order valence-electron chi connectivity index (χ1n) is 11.6. The van der Waals surface area contributed by atoms with Gasteiger partial charge in [0.15, 0.2) is 4.80 Å². The quantitative estimate of drug-likeness (QED) is 0.449. The molecule has 7 nitrogen and oxygen atoms in total. The first-order valence-corrected chi connectivity index (χ1v) is 12.4. The van der Waals surface area contributed by atoms with Gasteiger partial charge in [-0.05, 0) is 45.9 Å². The maximum atomic E-state index is 13.8. The van der Waals surface area contributed by atoms with Crippen LogP contribution in [0, 0.1) is 0 Å². The van der Waals surface area contributed by atoms with Crippen molar-refractivity contribution in [1.29, 1.82) is 0 Å². The third-order valence-corrected chi connectivity index (χ3v) is 6.52. The van der Waals surface area contributed by atoms with Crippen LogP contribution in [0.25, 0.3) is 6.08 Å². The van der Waals surface area contributed by atoms with Crippen molar-refractivity contribution in [2.24, 2.45) is 4.99 Å². The number of aromatic nitrogens is 1. The van der Waals surface area contributed by atoms with Gasteiger partial charge in [-0.15, -0.1) is 0 Å². The Morgan fingerprint density at radius 1 is 1.00 bits per heavy atom. The van der Waals surface area contributed by atoms with Gasteiger partial charge in [-0.2, -0.15) is 0 Å². The molecule has 0 N–H and O–H groups in total. The summed E-state index contributed by atoms with van der Waals surface area (Å²) < 4.78 is 19.0. The summed E-state index contributed by atoms with van der Waals surface area (Å²) in [4.78, 5) is 32.0. The van der Waals surface area contributed by atoms with E-state index in [9.17, 15) is 9.59 Å². The molecule has 8 heteroatoms. The number of nitrogens with zero attached hydrogens (tertiary/aromatic N) is 2. The van der Waals surface area contributed by atoms with Gasteiger partial charge in [0.2, 0.25) is 0 Å². The molecule has 182 valence electrons. The first-order chi connectivity index (χ1) is 17.0. The third-order valence-electron chi connectivity index (χ3n) is 5.54. The smallest absolute Gasteiger partial charge is 0.338 e. The number of rotatable bonds is 8. The number of fused-ring (bicyclic) bond motifs is 1. The highest BCUT2D eigenvalue weighted by atomic mass is 32.1. The lowest BCUT2D eigenvalue weighted by Crippen LogP contribution is -2.40. The molecule has 0 aliphatic carbocycles. The summed E-state index contributed by atoms with van der Waals surface area (Å²) >= 11 is 1.28. The predicted octanol–water partition coefficient (Wildman–Crippen LogP) is 3.60. The molecule has 4 rings (SSSR count). The summed E-state index contributed by atoms with van der Waals surface area (Å²) in [7, 11) is 0. The Hall–Kier alpha value is -3.65. The Bertz CT molecular complexity index is 1450. The van der Waals surface area contributed by atoms with Crippen molar-refractivity contribution >= 4 is 23.4 Å². The monoisotopic (exact) mass is 492 g/mol. The number of esters is 1. The summed E-state index contributed by atoms with van der Waals surface area (Å²) in [6.07, 6.45) is 1.81. The van der Waals surface area contributed by atoms with Crippen molar-refractivity contribution in [3.8, 4) is 11.5 Å². The molecule has 2 heterocycles. The number of carbonyl (C=O) groups excluding carboxylic acids is 1. The van der Waals surface area contributed by atoms with Crippen LogP contribution in [0.2, 0.25) is 0 Å². The molecule has 1 aliphatic rings. The third kappa shape index (κ3) is 4.79. The Morgan fingerprint density at radius 3 is 2.37 bits per heavy atom. The van der Waals surface area contributed by atoms with Crippen molar-refractivity contribution in [1.82, 2.24) is 4.57 Å². The molecule has 1 aromatic heterocycles. The van der Waals surface area contributed by atoms with Crippen molar-refractivity contribution < 1.29 is 19.0 Å². The molecule has 0 fully saturated rings. The van der Waals surface area contributed by atoms with Crippen LogP contribution >= 0.6 is 11.3 Å². The molecule has 0 radical (unpaired) electrons. The maximum absolute atomic E-state index is 13.8. The van der Waals surface area contributed by atoms with E-state index in [0.29, 0.717) is 50.9 Å². The number of allylic oxidation sites excluding steroid dienone is 1. The van der Waals surface area contributed by atoms with Crippen LogP contribution in [-0.2, 0) is 9.53 Å². The fourth-order valence-corrected chi connectivity index (χ4v) is 5.14. The summed E-state index contributed by atoms with van der Waals surface area (Å²) in [5.41, 5.74) is 2.10. The molecule has 0 saturated carbocycles. The Kier molecular flexibility index (Phi) is 7.51. The molecule has 0 saturated heterocycles. The summed E-state index contributed by atoms with van der Waals surface area (Å²) in [5.74, 6) is 0.802. The number of hydrogen-bond donors (Lipinski definition) is 0. The van der Waals surface area contributed by atoms with E-state index in [0.717, 1.165) is 5.56 Å². The molecule has 2 aromatic carbocycles. The lowest BCUT2D eigenvalue weighted by molar-refractivity contribution is -0.139. The van der Waals surface area contributed by atoms with Crippen LogP contribution < -0.4 is 24.4 Å². The van der Waals surface area contributed by atoms with Gasteiger partial charge < -0.3 is 14.2 Å². The van der Waals surface area contributed by atoms with E-state index in [2.05, 4.69) is 4.99 Å². The fraction of sp³-hybridized carbons (Fsp3) is 0.296. The highest BCUT2D eigenvalue weighted by Gasteiger charge is 2.35. The Balaban J connectivity index is 1.98. The largest absolute Gasteiger partial charge is 0.494 e. The minimum Gasteiger partial charge on any atom is -0.494 e. The van der Waals surface area contributed by atoms with E-state index in [4.69, 9.17) is 14.2 Å². The minimum atomic E-state index is -0.725. The fourth-order valence-electron chi connectivity index (χ4n) is 4.11. The normalized spacial score (nSPS) is 15.4. The molecule has 0 amide bonds. The zero-order valence-corrected chi connectivity index (χ0v) is 21.1. The van der Waals surface area contributed by atoms with Gasteiger partial charge >= 0.3 is 5.97 Å². The van der Waals surface area contributed by atoms with E-state index >= 15 is 0 Å². The predicted molar refractivity (Wildman–Crippen MR) is 136 cm³/mol. The maximum Gasteiger partial charge on any atom is 0.338 e. The lowest BCUT2D eigenvalue weighted by Gasteiger charge is -2.26. The van der Waals surface area contributed by atoms with Gasteiger partial charge in [-0.1, -0.05) is 47.7 Å². The number of thiazole rings is 1. The standard InChI is InChI=1S/C27H28N2O5S/c1-5-32-20-14-10-8-12-18(20)16-22-25(30)29-24(19-13-9-11-15-21(19)33-6-2)23(26(31)34-7-3)17(4)28-27(29)35-22/h8-16,24H,5-7H2,1-4H3/t24-/m1/s1. The van der Waals surface area contributed by atoms with Crippen LogP contribution in [0.1, 0.15) is 44.9 Å². The molecule has 3 aromatic rings. The zero-order valence-electron chi connectivity index (χ0n) is 20.2. The second kappa shape index (κ2) is 10.7. The summed E-state index contributed by atoms with van der Waals surface area (Å²) in [6.45, 7) is 8.51. The highest BCUT2D eigenvalue weighted by Crippen LogP contribution is 2.35.